The van der Waals surface area contributed by atoms with Gasteiger partial charge in [-0.25, -0.2) is 0 Å². The van der Waals surface area contributed by atoms with Gasteiger partial charge < -0.3 is 10.0 Å². The highest BCUT2D eigenvalue weighted by Gasteiger charge is 2.20. The van der Waals surface area contributed by atoms with Gasteiger partial charge in [-0.3, -0.25) is 4.79 Å². The monoisotopic (exact) mass is 355 g/mol. The number of carbonyl (C=O) groups is 1. The van der Waals surface area contributed by atoms with Gasteiger partial charge in [0, 0.05) is 7.05 Å². The van der Waals surface area contributed by atoms with Crippen LogP contribution in [0.25, 0.3) is 0 Å². The van der Waals surface area contributed by atoms with E-state index in [1.807, 2.05) is 0 Å². The van der Waals surface area contributed by atoms with E-state index >= 15 is 0 Å². The van der Waals surface area contributed by atoms with E-state index in [2.05, 4.69) is 31.9 Å². The van der Waals surface area contributed by atoms with Gasteiger partial charge in [-0.05, 0) is 44.8 Å². The zero-order chi connectivity index (χ0) is 11.6. The average molecular weight is 357 g/mol. The number of amides is 1. The van der Waals surface area contributed by atoms with Crippen molar-refractivity contribution in [2.75, 3.05) is 13.7 Å². The standard InChI is InChI=1S/C9H11Br2NO2S/c1-5(4-13)12(2)9(14)6-3-7(10)15-8(6)11/h3,5,13H,4H2,1-2H3. The van der Waals surface area contributed by atoms with Crippen LogP contribution in [0.3, 0.4) is 0 Å². The van der Waals surface area contributed by atoms with E-state index in [1.165, 1.54) is 16.2 Å². The van der Waals surface area contributed by atoms with Crippen LogP contribution >= 0.6 is 43.2 Å². The van der Waals surface area contributed by atoms with Crippen LogP contribution in [0.15, 0.2) is 13.6 Å². The zero-order valence-corrected chi connectivity index (χ0v) is 12.3. The molecular weight excluding hydrogens is 346 g/mol. The lowest BCUT2D eigenvalue weighted by Gasteiger charge is -2.22. The summed E-state index contributed by atoms with van der Waals surface area (Å²) in [6, 6.07) is 1.60. The first-order valence-electron chi connectivity index (χ1n) is 4.30. The Labute approximate surface area is 109 Å². The first kappa shape index (κ1) is 13.2. The Morgan fingerprint density at radius 3 is 2.67 bits per heavy atom. The van der Waals surface area contributed by atoms with Crippen LogP contribution < -0.4 is 0 Å². The third-order valence-corrected chi connectivity index (χ3v) is 4.47. The molecule has 0 saturated heterocycles. The molecular formula is C9H11Br2NO2S. The lowest BCUT2D eigenvalue weighted by atomic mass is 10.2. The minimum absolute atomic E-state index is 0.0365. The third-order valence-electron chi connectivity index (χ3n) is 2.13. The normalized spacial score (nSPS) is 12.6. The molecule has 1 heterocycles. The molecule has 0 aromatic carbocycles. The third kappa shape index (κ3) is 3.03. The molecule has 3 nitrogen and oxygen atoms in total. The van der Waals surface area contributed by atoms with Gasteiger partial charge in [0.25, 0.3) is 5.91 Å². The maximum atomic E-state index is 11.9. The summed E-state index contributed by atoms with van der Waals surface area (Å²) >= 11 is 8.12. The van der Waals surface area contributed by atoms with Crippen molar-refractivity contribution in [3.63, 3.8) is 0 Å². The molecule has 0 bridgehead atoms. The van der Waals surface area contributed by atoms with E-state index in [0.29, 0.717) is 5.56 Å². The van der Waals surface area contributed by atoms with Gasteiger partial charge >= 0.3 is 0 Å². The molecule has 1 aromatic heterocycles. The highest BCUT2D eigenvalue weighted by molar-refractivity contribution is 9.12. The summed E-state index contributed by atoms with van der Waals surface area (Å²) in [5.41, 5.74) is 0.620. The van der Waals surface area contributed by atoms with Crippen LogP contribution in [0.4, 0.5) is 0 Å². The largest absolute Gasteiger partial charge is 0.394 e. The van der Waals surface area contributed by atoms with E-state index in [4.69, 9.17) is 5.11 Å². The van der Waals surface area contributed by atoms with Crippen LogP contribution in [0, 0.1) is 0 Å². The van der Waals surface area contributed by atoms with Crippen LogP contribution in [0.1, 0.15) is 17.3 Å². The Balaban J connectivity index is 2.89. The highest BCUT2D eigenvalue weighted by Crippen LogP contribution is 2.32. The van der Waals surface area contributed by atoms with Crippen molar-refractivity contribution in [1.29, 1.82) is 0 Å². The van der Waals surface area contributed by atoms with E-state index < -0.39 is 0 Å². The summed E-state index contributed by atoms with van der Waals surface area (Å²) in [4.78, 5) is 13.5. The van der Waals surface area contributed by atoms with Crippen molar-refractivity contribution in [3.05, 3.63) is 19.2 Å². The lowest BCUT2D eigenvalue weighted by Crippen LogP contribution is -2.37. The van der Waals surface area contributed by atoms with Gasteiger partial charge in [-0.1, -0.05) is 0 Å². The van der Waals surface area contributed by atoms with Crippen molar-refractivity contribution < 1.29 is 9.90 Å². The molecule has 0 aliphatic rings. The average Bonchev–Trinajstić information content (AvgIpc) is 2.54. The van der Waals surface area contributed by atoms with E-state index in [9.17, 15) is 4.79 Å². The molecule has 1 rings (SSSR count). The van der Waals surface area contributed by atoms with Crippen molar-refractivity contribution in [2.45, 2.75) is 13.0 Å². The summed E-state index contributed by atoms with van der Waals surface area (Å²) in [6.45, 7) is 1.76. The second kappa shape index (κ2) is 5.43. The Hall–Kier alpha value is 0.0900. The molecule has 0 spiro atoms. The van der Waals surface area contributed by atoms with Gasteiger partial charge in [0.1, 0.15) is 0 Å². The van der Waals surface area contributed by atoms with E-state index in [0.717, 1.165) is 7.57 Å². The lowest BCUT2D eigenvalue weighted by molar-refractivity contribution is 0.0682. The SMILES string of the molecule is CC(CO)N(C)C(=O)c1cc(Br)sc1Br. The zero-order valence-electron chi connectivity index (χ0n) is 8.33. The first-order valence-corrected chi connectivity index (χ1v) is 6.70. The van der Waals surface area contributed by atoms with Crippen LogP contribution in [-0.2, 0) is 0 Å². The topological polar surface area (TPSA) is 40.5 Å². The molecule has 0 fully saturated rings. The van der Waals surface area contributed by atoms with Crippen molar-refractivity contribution >= 4 is 49.1 Å². The number of hydrogen-bond acceptors (Lipinski definition) is 3. The number of nitrogens with zero attached hydrogens (tertiary/aromatic N) is 1. The number of thiophene rings is 1. The molecule has 1 amide bonds. The van der Waals surface area contributed by atoms with Crippen molar-refractivity contribution in [1.82, 2.24) is 4.90 Å². The maximum absolute atomic E-state index is 11.9. The molecule has 1 atom stereocenters. The number of likely N-dealkylation sites (N-methyl/N-ethyl adjacent to an activating group) is 1. The molecule has 0 aliphatic heterocycles. The van der Waals surface area contributed by atoms with Crippen LogP contribution in [0.2, 0.25) is 0 Å². The van der Waals surface area contributed by atoms with Crippen molar-refractivity contribution in [3.8, 4) is 0 Å². The van der Waals surface area contributed by atoms with Gasteiger partial charge in [-0.2, -0.15) is 0 Å². The fourth-order valence-corrected chi connectivity index (χ4v) is 3.78. The number of halogens is 2. The molecule has 1 unspecified atom stereocenters. The van der Waals surface area contributed by atoms with E-state index in [-0.39, 0.29) is 18.6 Å². The highest BCUT2D eigenvalue weighted by atomic mass is 79.9. The Kier molecular flexibility index (Phi) is 4.76. The number of aliphatic hydroxyl groups excluding tert-OH is 1. The minimum atomic E-state index is -0.178. The molecule has 0 aliphatic carbocycles. The second-order valence-corrected chi connectivity index (χ2v) is 6.93. The minimum Gasteiger partial charge on any atom is -0.394 e. The number of carbonyl (C=O) groups excluding carboxylic acids is 1. The molecule has 0 saturated carbocycles. The summed E-state index contributed by atoms with van der Waals surface area (Å²) in [5.74, 6) is -0.0922. The first-order chi connectivity index (χ1) is 6.97. The number of aliphatic hydroxyl groups is 1. The second-order valence-electron chi connectivity index (χ2n) is 3.19. The van der Waals surface area contributed by atoms with E-state index in [1.54, 1.807) is 20.0 Å². The number of rotatable bonds is 3. The fraction of sp³-hybridized carbons (Fsp3) is 0.444. The molecule has 84 valence electrons. The quantitative estimate of drug-likeness (QED) is 0.904. The molecule has 15 heavy (non-hydrogen) atoms. The van der Waals surface area contributed by atoms with Gasteiger partial charge in [0.15, 0.2) is 0 Å². The molecule has 0 radical (unpaired) electrons. The van der Waals surface area contributed by atoms with Crippen LogP contribution in [0.5, 0.6) is 0 Å². The van der Waals surface area contributed by atoms with Gasteiger partial charge in [0.05, 0.1) is 25.8 Å². The molecule has 1 N–H and O–H groups in total. The predicted octanol–water partition coefficient (Wildman–Crippen LogP) is 2.73. The summed E-state index contributed by atoms with van der Waals surface area (Å²) in [5, 5.41) is 8.96. The summed E-state index contributed by atoms with van der Waals surface area (Å²) < 4.78 is 1.71. The maximum Gasteiger partial charge on any atom is 0.255 e. The van der Waals surface area contributed by atoms with Gasteiger partial charge in [0.2, 0.25) is 0 Å². The molecule has 1 aromatic rings. The Bertz CT molecular complexity index is 367. The van der Waals surface area contributed by atoms with Crippen molar-refractivity contribution in [2.24, 2.45) is 0 Å². The number of hydrogen-bond donors (Lipinski definition) is 1. The summed E-state index contributed by atoms with van der Waals surface area (Å²) in [7, 11) is 1.68. The Morgan fingerprint density at radius 2 is 2.27 bits per heavy atom. The fourth-order valence-electron chi connectivity index (χ4n) is 0.999. The van der Waals surface area contributed by atoms with Crippen LogP contribution in [-0.4, -0.2) is 35.6 Å². The smallest absolute Gasteiger partial charge is 0.255 e. The summed E-state index contributed by atoms with van der Waals surface area (Å²) in [6.07, 6.45) is 0. The predicted molar refractivity (Wildman–Crippen MR) is 68.4 cm³/mol. The van der Waals surface area contributed by atoms with Gasteiger partial charge in [-0.15, -0.1) is 11.3 Å². The molecule has 6 heteroatoms. The Morgan fingerprint density at radius 1 is 1.67 bits per heavy atom.